The predicted molar refractivity (Wildman–Crippen MR) is 56.7 cm³/mol. The van der Waals surface area contributed by atoms with E-state index in [1.807, 2.05) is 0 Å². The minimum atomic E-state index is 0.657. The van der Waals surface area contributed by atoms with Gasteiger partial charge in [-0.05, 0) is 24.3 Å². The molecule has 2 atom stereocenters. The first-order valence-corrected chi connectivity index (χ1v) is 5.08. The maximum atomic E-state index is 2.36. The Morgan fingerprint density at radius 2 is 1.92 bits per heavy atom. The Bertz CT molecular complexity index is 284. The van der Waals surface area contributed by atoms with Crippen LogP contribution in [0.2, 0.25) is 0 Å². The second-order valence-electron chi connectivity index (χ2n) is 4.02. The number of allylic oxidation sites excluding steroid dienone is 2. The van der Waals surface area contributed by atoms with Crippen molar-refractivity contribution in [1.29, 1.82) is 0 Å². The van der Waals surface area contributed by atoms with Crippen LogP contribution in [-0.2, 0) is 0 Å². The fourth-order valence-electron chi connectivity index (χ4n) is 2.03. The first kappa shape index (κ1) is 8.55. The van der Waals surface area contributed by atoms with Crippen molar-refractivity contribution in [2.45, 2.75) is 25.7 Å². The molecule has 0 spiro atoms. The van der Waals surface area contributed by atoms with Crippen LogP contribution in [-0.4, -0.2) is 0 Å². The van der Waals surface area contributed by atoms with Crippen molar-refractivity contribution in [3.8, 4) is 0 Å². The first-order valence-electron chi connectivity index (χ1n) is 5.08. The van der Waals surface area contributed by atoms with E-state index in [0.29, 0.717) is 5.92 Å². The molecule has 0 saturated heterocycles. The van der Waals surface area contributed by atoms with Gasteiger partial charge in [0.2, 0.25) is 0 Å². The van der Waals surface area contributed by atoms with E-state index < -0.39 is 0 Å². The summed E-state index contributed by atoms with van der Waals surface area (Å²) in [5.74, 6) is 1.50. The quantitative estimate of drug-likeness (QED) is 0.566. The second-order valence-corrected chi connectivity index (χ2v) is 4.02. The molecule has 0 fully saturated rings. The molecule has 0 N–H and O–H groups in total. The highest BCUT2D eigenvalue weighted by Gasteiger charge is 2.15. The number of hydrogen-bond acceptors (Lipinski definition) is 0. The Hall–Kier alpha value is -1.04. The molecule has 0 nitrogen and oxygen atoms in total. The molecule has 2 rings (SSSR count). The normalized spacial score (nSPS) is 27.5. The fourth-order valence-corrected chi connectivity index (χ4v) is 2.03. The van der Waals surface area contributed by atoms with Gasteiger partial charge in [0, 0.05) is 5.92 Å². The van der Waals surface area contributed by atoms with Crippen LogP contribution < -0.4 is 0 Å². The number of benzene rings is 1. The van der Waals surface area contributed by atoms with Crippen LogP contribution >= 0.6 is 0 Å². The molecule has 1 aliphatic rings. The summed E-state index contributed by atoms with van der Waals surface area (Å²) in [4.78, 5) is 0. The van der Waals surface area contributed by atoms with Crippen LogP contribution in [0.5, 0.6) is 0 Å². The van der Waals surface area contributed by atoms with Crippen molar-refractivity contribution in [2.24, 2.45) is 5.92 Å². The Kier molecular flexibility index (Phi) is 2.49. The predicted octanol–water partition coefficient (Wildman–Crippen LogP) is 3.76. The van der Waals surface area contributed by atoms with Gasteiger partial charge in [0.05, 0.1) is 0 Å². The summed E-state index contributed by atoms with van der Waals surface area (Å²) < 4.78 is 0. The zero-order valence-corrected chi connectivity index (χ0v) is 8.11. The summed E-state index contributed by atoms with van der Waals surface area (Å²) in [6.45, 7) is 2.33. The van der Waals surface area contributed by atoms with Crippen LogP contribution in [0.1, 0.15) is 31.2 Å². The van der Waals surface area contributed by atoms with E-state index in [1.54, 1.807) is 0 Å². The molecular formula is C13H16. The third-order valence-electron chi connectivity index (χ3n) is 2.79. The zero-order valence-electron chi connectivity index (χ0n) is 8.11. The smallest absolute Gasteiger partial charge is 0.00206 e. The van der Waals surface area contributed by atoms with Gasteiger partial charge in [0.15, 0.2) is 0 Å². The van der Waals surface area contributed by atoms with Crippen molar-refractivity contribution in [1.82, 2.24) is 0 Å². The molecule has 0 aromatic heterocycles. The van der Waals surface area contributed by atoms with Crippen molar-refractivity contribution in [2.75, 3.05) is 0 Å². The van der Waals surface area contributed by atoms with Crippen molar-refractivity contribution < 1.29 is 0 Å². The molecule has 1 aromatic rings. The SMILES string of the molecule is C[C@H]1CC=C[C@H](c2ccccc2)C1. The van der Waals surface area contributed by atoms with Crippen LogP contribution in [0.3, 0.4) is 0 Å². The Labute approximate surface area is 80.3 Å². The van der Waals surface area contributed by atoms with E-state index in [1.165, 1.54) is 18.4 Å². The van der Waals surface area contributed by atoms with Gasteiger partial charge >= 0.3 is 0 Å². The summed E-state index contributed by atoms with van der Waals surface area (Å²) in [5.41, 5.74) is 1.46. The van der Waals surface area contributed by atoms with Crippen molar-refractivity contribution in [3.63, 3.8) is 0 Å². The molecule has 0 bridgehead atoms. The van der Waals surface area contributed by atoms with Gasteiger partial charge in [0.1, 0.15) is 0 Å². The van der Waals surface area contributed by atoms with E-state index in [2.05, 4.69) is 49.4 Å². The average Bonchev–Trinajstić information content (AvgIpc) is 2.19. The molecule has 0 amide bonds. The highest BCUT2D eigenvalue weighted by molar-refractivity contribution is 5.24. The zero-order chi connectivity index (χ0) is 9.10. The highest BCUT2D eigenvalue weighted by atomic mass is 14.2. The van der Waals surface area contributed by atoms with Crippen LogP contribution in [0, 0.1) is 5.92 Å². The molecule has 0 aliphatic heterocycles. The summed E-state index contributed by atoms with van der Waals surface area (Å²) in [5, 5.41) is 0. The average molecular weight is 172 g/mol. The molecule has 68 valence electrons. The summed E-state index contributed by atoms with van der Waals surface area (Å²) in [7, 11) is 0. The van der Waals surface area contributed by atoms with Gasteiger partial charge in [0.25, 0.3) is 0 Å². The van der Waals surface area contributed by atoms with Gasteiger partial charge in [-0.2, -0.15) is 0 Å². The van der Waals surface area contributed by atoms with Crippen LogP contribution in [0.25, 0.3) is 0 Å². The highest BCUT2D eigenvalue weighted by Crippen LogP contribution is 2.30. The summed E-state index contributed by atoms with van der Waals surface area (Å²) in [6, 6.07) is 10.8. The van der Waals surface area contributed by atoms with Crippen molar-refractivity contribution >= 4 is 0 Å². The molecular weight excluding hydrogens is 156 g/mol. The summed E-state index contributed by atoms with van der Waals surface area (Å²) in [6.07, 6.45) is 7.24. The Morgan fingerprint density at radius 3 is 2.62 bits per heavy atom. The Balaban J connectivity index is 2.18. The van der Waals surface area contributed by atoms with E-state index in [4.69, 9.17) is 0 Å². The third-order valence-corrected chi connectivity index (χ3v) is 2.79. The second kappa shape index (κ2) is 3.78. The lowest BCUT2D eigenvalue weighted by Gasteiger charge is -2.21. The lowest BCUT2D eigenvalue weighted by Crippen LogP contribution is -2.06. The van der Waals surface area contributed by atoms with Gasteiger partial charge < -0.3 is 0 Å². The van der Waals surface area contributed by atoms with E-state index in [9.17, 15) is 0 Å². The van der Waals surface area contributed by atoms with Gasteiger partial charge in [-0.25, -0.2) is 0 Å². The van der Waals surface area contributed by atoms with Crippen LogP contribution in [0.4, 0.5) is 0 Å². The number of hydrogen-bond donors (Lipinski definition) is 0. The fraction of sp³-hybridized carbons (Fsp3) is 0.385. The van der Waals surface area contributed by atoms with E-state index in [-0.39, 0.29) is 0 Å². The van der Waals surface area contributed by atoms with Crippen molar-refractivity contribution in [3.05, 3.63) is 48.0 Å². The summed E-state index contributed by atoms with van der Waals surface area (Å²) >= 11 is 0. The van der Waals surface area contributed by atoms with Gasteiger partial charge in [-0.3, -0.25) is 0 Å². The van der Waals surface area contributed by atoms with Crippen LogP contribution in [0.15, 0.2) is 42.5 Å². The Morgan fingerprint density at radius 1 is 1.15 bits per heavy atom. The third kappa shape index (κ3) is 2.00. The monoisotopic (exact) mass is 172 g/mol. The lowest BCUT2D eigenvalue weighted by atomic mass is 9.84. The molecule has 0 heteroatoms. The van der Waals surface area contributed by atoms with E-state index >= 15 is 0 Å². The molecule has 0 heterocycles. The molecule has 1 aliphatic carbocycles. The van der Waals surface area contributed by atoms with Gasteiger partial charge in [-0.15, -0.1) is 0 Å². The number of rotatable bonds is 1. The van der Waals surface area contributed by atoms with Gasteiger partial charge in [-0.1, -0.05) is 49.4 Å². The lowest BCUT2D eigenvalue weighted by molar-refractivity contribution is 0.489. The minimum absolute atomic E-state index is 0.657. The maximum absolute atomic E-state index is 2.36. The molecule has 0 saturated carbocycles. The first-order chi connectivity index (χ1) is 6.36. The standard InChI is InChI=1S/C13H16/c1-11-6-5-9-13(10-11)12-7-3-2-4-8-12/h2-5,7-9,11,13H,6,10H2,1H3/t11-,13-/m0/s1. The van der Waals surface area contributed by atoms with E-state index in [0.717, 1.165) is 5.92 Å². The molecule has 13 heavy (non-hydrogen) atoms. The largest absolute Gasteiger partial charge is 0.0877 e. The molecule has 0 unspecified atom stereocenters. The molecule has 0 radical (unpaired) electrons. The topological polar surface area (TPSA) is 0 Å². The minimum Gasteiger partial charge on any atom is -0.0877 e. The maximum Gasteiger partial charge on any atom is 0.00206 e. The molecule has 1 aromatic carbocycles.